The topological polar surface area (TPSA) is 46.2 Å². The summed E-state index contributed by atoms with van der Waals surface area (Å²) in [6, 6.07) is 9.41. The highest BCUT2D eigenvalue weighted by Gasteiger charge is 2.07. The predicted molar refractivity (Wildman–Crippen MR) is 79.1 cm³/mol. The zero-order valence-corrected chi connectivity index (χ0v) is 12.6. The first kappa shape index (κ1) is 14.2. The van der Waals surface area contributed by atoms with E-state index in [4.69, 9.17) is 0 Å². The van der Waals surface area contributed by atoms with E-state index in [1.54, 1.807) is 23.5 Å². The molecule has 1 N–H and O–H groups in total. The molecule has 1 unspecified atom stereocenters. The van der Waals surface area contributed by atoms with Crippen LogP contribution >= 0.6 is 11.3 Å². The van der Waals surface area contributed by atoms with Gasteiger partial charge in [0.2, 0.25) is 0 Å². The normalized spacial score (nSPS) is 13.4. The zero-order valence-electron chi connectivity index (χ0n) is 11.0. The van der Waals surface area contributed by atoms with Crippen LogP contribution in [0.5, 0.6) is 0 Å². The first-order chi connectivity index (χ1) is 8.97. The summed E-state index contributed by atoms with van der Waals surface area (Å²) in [5.41, 5.74) is 2.35. The fourth-order valence-corrected chi connectivity index (χ4v) is 3.15. The summed E-state index contributed by atoms with van der Waals surface area (Å²) in [6.07, 6.45) is 1.22. The van der Waals surface area contributed by atoms with Crippen LogP contribution in [-0.4, -0.2) is 14.7 Å². The van der Waals surface area contributed by atoms with Gasteiger partial charge < -0.3 is 5.32 Å². The molecule has 0 amide bonds. The van der Waals surface area contributed by atoms with Gasteiger partial charge in [-0.2, -0.15) is 11.3 Å². The first-order valence-electron chi connectivity index (χ1n) is 6.01. The molecule has 102 valence electrons. The van der Waals surface area contributed by atoms with E-state index < -0.39 is 9.84 Å². The molecule has 3 nitrogen and oxygen atoms in total. The first-order valence-corrected chi connectivity index (χ1v) is 8.85. The number of thiophene rings is 1. The maximum absolute atomic E-state index is 11.4. The average molecular weight is 295 g/mol. The Morgan fingerprint density at radius 1 is 1.21 bits per heavy atom. The molecule has 2 aromatic rings. The summed E-state index contributed by atoms with van der Waals surface area (Å²) in [4.78, 5) is 0.363. The fourth-order valence-electron chi connectivity index (χ4n) is 1.76. The Balaban J connectivity index is 1.97. The summed E-state index contributed by atoms with van der Waals surface area (Å²) in [5, 5.41) is 7.61. The molecule has 1 aromatic carbocycles. The van der Waals surface area contributed by atoms with Crippen molar-refractivity contribution < 1.29 is 8.42 Å². The van der Waals surface area contributed by atoms with Crippen LogP contribution in [-0.2, 0) is 16.4 Å². The monoisotopic (exact) mass is 295 g/mol. The minimum atomic E-state index is -3.11. The van der Waals surface area contributed by atoms with E-state index >= 15 is 0 Å². The maximum atomic E-state index is 11.4. The number of nitrogens with one attached hydrogen (secondary N) is 1. The van der Waals surface area contributed by atoms with Crippen LogP contribution in [0.25, 0.3) is 0 Å². The van der Waals surface area contributed by atoms with Gasteiger partial charge in [-0.3, -0.25) is 0 Å². The van der Waals surface area contributed by atoms with E-state index in [9.17, 15) is 8.42 Å². The summed E-state index contributed by atoms with van der Waals surface area (Å²) >= 11 is 1.69. The van der Waals surface area contributed by atoms with E-state index in [1.807, 2.05) is 12.1 Å². The van der Waals surface area contributed by atoms with Crippen LogP contribution in [0.3, 0.4) is 0 Å². The number of benzene rings is 1. The van der Waals surface area contributed by atoms with Crippen molar-refractivity contribution in [3.8, 4) is 0 Å². The van der Waals surface area contributed by atoms with Gasteiger partial charge in [0.1, 0.15) is 0 Å². The van der Waals surface area contributed by atoms with Crippen LogP contribution in [0, 0.1) is 0 Å². The quantitative estimate of drug-likeness (QED) is 0.922. The van der Waals surface area contributed by atoms with Crippen LogP contribution in [0.2, 0.25) is 0 Å². The molecule has 1 atom stereocenters. The highest BCUT2D eigenvalue weighted by atomic mass is 32.2. The van der Waals surface area contributed by atoms with Gasteiger partial charge >= 0.3 is 0 Å². The van der Waals surface area contributed by atoms with Crippen molar-refractivity contribution in [1.29, 1.82) is 0 Å². The van der Waals surface area contributed by atoms with Gasteiger partial charge in [0.25, 0.3) is 0 Å². The molecule has 5 heteroatoms. The molecule has 0 saturated carbocycles. The molecule has 2 rings (SSSR count). The molecule has 0 spiro atoms. The smallest absolute Gasteiger partial charge is 0.175 e. The second kappa shape index (κ2) is 5.86. The minimum absolute atomic E-state index is 0.292. The predicted octanol–water partition coefficient (Wildman–Crippen LogP) is 3.00. The number of sulfone groups is 1. The largest absolute Gasteiger partial charge is 0.306 e. The van der Waals surface area contributed by atoms with Crippen molar-refractivity contribution in [2.24, 2.45) is 0 Å². The molecule has 19 heavy (non-hydrogen) atoms. The number of rotatable bonds is 5. The third-order valence-corrected chi connectivity index (χ3v) is 4.84. The van der Waals surface area contributed by atoms with Crippen molar-refractivity contribution in [2.45, 2.75) is 24.4 Å². The molecule has 0 bridgehead atoms. The van der Waals surface area contributed by atoms with Crippen LogP contribution in [0.1, 0.15) is 24.1 Å². The van der Waals surface area contributed by atoms with Crippen LogP contribution < -0.4 is 5.32 Å². The molecule has 0 aliphatic rings. The van der Waals surface area contributed by atoms with Crippen molar-refractivity contribution in [1.82, 2.24) is 5.32 Å². The zero-order chi connectivity index (χ0) is 13.9. The summed E-state index contributed by atoms with van der Waals surface area (Å²) < 4.78 is 22.7. The third kappa shape index (κ3) is 3.89. The summed E-state index contributed by atoms with van der Waals surface area (Å²) in [7, 11) is -3.11. The molecular formula is C14H17NO2S2. The van der Waals surface area contributed by atoms with Crippen LogP contribution in [0.4, 0.5) is 0 Å². The van der Waals surface area contributed by atoms with Gasteiger partial charge in [-0.25, -0.2) is 8.42 Å². The Bertz CT molecular complexity index is 616. The van der Waals surface area contributed by atoms with Crippen molar-refractivity contribution in [2.75, 3.05) is 6.26 Å². The van der Waals surface area contributed by atoms with E-state index in [0.29, 0.717) is 10.9 Å². The van der Waals surface area contributed by atoms with E-state index in [2.05, 4.69) is 29.1 Å². The van der Waals surface area contributed by atoms with Gasteiger partial charge in [-0.1, -0.05) is 12.1 Å². The molecule has 1 aromatic heterocycles. The van der Waals surface area contributed by atoms with Gasteiger partial charge in [0, 0.05) is 18.8 Å². The second-order valence-corrected chi connectivity index (χ2v) is 7.37. The van der Waals surface area contributed by atoms with Gasteiger partial charge in [0.15, 0.2) is 9.84 Å². The molecule has 0 radical (unpaired) electrons. The van der Waals surface area contributed by atoms with Crippen molar-refractivity contribution in [3.63, 3.8) is 0 Å². The third-order valence-electron chi connectivity index (χ3n) is 3.01. The van der Waals surface area contributed by atoms with Gasteiger partial charge in [0.05, 0.1) is 4.90 Å². The highest BCUT2D eigenvalue weighted by molar-refractivity contribution is 7.90. The molecular weight excluding hydrogens is 278 g/mol. The standard InChI is InChI=1S/C14H17NO2S2/c1-11(13-7-8-18-10-13)15-9-12-3-5-14(6-4-12)19(2,16)17/h3-8,10-11,15H,9H2,1-2H3. The molecule has 0 saturated heterocycles. The van der Waals surface area contributed by atoms with E-state index in [0.717, 1.165) is 12.1 Å². The average Bonchev–Trinajstić information content (AvgIpc) is 2.89. The Labute approximate surface area is 118 Å². The lowest BCUT2D eigenvalue weighted by Gasteiger charge is -2.12. The minimum Gasteiger partial charge on any atom is -0.306 e. The fraction of sp³-hybridized carbons (Fsp3) is 0.286. The Morgan fingerprint density at radius 3 is 2.42 bits per heavy atom. The Kier molecular flexibility index (Phi) is 4.39. The lowest BCUT2D eigenvalue weighted by atomic mass is 10.1. The van der Waals surface area contributed by atoms with Crippen molar-refractivity contribution in [3.05, 3.63) is 52.2 Å². The van der Waals surface area contributed by atoms with Gasteiger partial charge in [-0.05, 0) is 47.0 Å². The number of hydrogen-bond acceptors (Lipinski definition) is 4. The maximum Gasteiger partial charge on any atom is 0.175 e. The lowest BCUT2D eigenvalue weighted by molar-refractivity contribution is 0.576. The summed E-state index contributed by atoms with van der Waals surface area (Å²) in [6.45, 7) is 2.84. The Hall–Kier alpha value is -1.17. The van der Waals surface area contributed by atoms with Gasteiger partial charge in [-0.15, -0.1) is 0 Å². The second-order valence-electron chi connectivity index (χ2n) is 4.58. The molecule has 0 fully saturated rings. The molecule has 1 heterocycles. The number of hydrogen-bond donors (Lipinski definition) is 1. The van der Waals surface area contributed by atoms with E-state index in [-0.39, 0.29) is 0 Å². The Morgan fingerprint density at radius 2 is 1.89 bits per heavy atom. The van der Waals surface area contributed by atoms with Crippen molar-refractivity contribution >= 4 is 21.2 Å². The lowest BCUT2D eigenvalue weighted by Crippen LogP contribution is -2.17. The van der Waals surface area contributed by atoms with Crippen LogP contribution in [0.15, 0.2) is 46.0 Å². The SMILES string of the molecule is CC(NCc1ccc(S(C)(=O)=O)cc1)c1ccsc1. The molecule has 0 aliphatic heterocycles. The molecule has 0 aliphatic carbocycles. The highest BCUT2D eigenvalue weighted by Crippen LogP contribution is 2.16. The summed E-state index contributed by atoms with van der Waals surface area (Å²) in [5.74, 6) is 0. The van der Waals surface area contributed by atoms with E-state index in [1.165, 1.54) is 11.8 Å².